The molecule has 0 bridgehead atoms. The monoisotopic (exact) mass is 420 g/mol. The molecule has 2 aliphatic rings. The van der Waals surface area contributed by atoms with Crippen molar-refractivity contribution >= 4 is 16.9 Å². The maximum atomic E-state index is 11.3. The predicted octanol–water partition coefficient (Wildman–Crippen LogP) is 4.85. The summed E-state index contributed by atoms with van der Waals surface area (Å²) in [4.78, 5) is 17.2. The molecular weight excluding hydrogens is 392 g/mol. The highest BCUT2D eigenvalue weighted by molar-refractivity contribution is 5.89. The van der Waals surface area contributed by atoms with Crippen molar-refractivity contribution in [1.29, 1.82) is 0 Å². The van der Waals surface area contributed by atoms with Gasteiger partial charge in [-0.1, -0.05) is 12.1 Å². The van der Waals surface area contributed by atoms with Crippen molar-refractivity contribution in [2.24, 2.45) is 0 Å². The van der Waals surface area contributed by atoms with Gasteiger partial charge in [-0.05, 0) is 62.1 Å². The molecule has 1 saturated heterocycles. The molecule has 6 nitrogen and oxygen atoms in total. The summed E-state index contributed by atoms with van der Waals surface area (Å²) in [5.41, 5.74) is 5.05. The number of carboxylic acids is 1. The van der Waals surface area contributed by atoms with Crippen molar-refractivity contribution in [3.63, 3.8) is 0 Å². The average Bonchev–Trinajstić information content (AvgIpc) is 3.41. The summed E-state index contributed by atoms with van der Waals surface area (Å²) in [7, 11) is 0. The van der Waals surface area contributed by atoms with E-state index >= 15 is 0 Å². The van der Waals surface area contributed by atoms with Gasteiger partial charge in [-0.3, -0.25) is 4.90 Å². The van der Waals surface area contributed by atoms with Crippen LogP contribution >= 0.6 is 0 Å². The molecule has 6 heteroatoms. The van der Waals surface area contributed by atoms with Gasteiger partial charge >= 0.3 is 5.97 Å². The van der Waals surface area contributed by atoms with E-state index in [4.69, 9.17) is 9.47 Å². The number of hydrogen-bond donors (Lipinski definition) is 2. The number of carbonyl (C=O) groups is 1. The molecule has 2 aliphatic heterocycles. The van der Waals surface area contributed by atoms with E-state index in [-0.39, 0.29) is 18.2 Å². The SMILES string of the molecule is CCO[C@@H]1CCN(C2COc3cc(C)c4[nH]ccc4c32)[C@@H](c2ccc(C(=O)O)cc2)C1. The molecule has 0 aliphatic carbocycles. The fourth-order valence-corrected chi connectivity index (χ4v) is 5.26. The smallest absolute Gasteiger partial charge is 0.335 e. The molecule has 3 atom stereocenters. The van der Waals surface area contributed by atoms with E-state index in [1.54, 1.807) is 12.1 Å². The van der Waals surface area contributed by atoms with Crippen LogP contribution in [0.1, 0.15) is 58.9 Å². The third kappa shape index (κ3) is 3.50. The molecule has 3 aromatic rings. The van der Waals surface area contributed by atoms with Crippen LogP contribution in [-0.4, -0.2) is 46.8 Å². The fourth-order valence-electron chi connectivity index (χ4n) is 5.26. The number of aryl methyl sites for hydroxylation is 1. The number of nitrogens with zero attached hydrogens (tertiary/aromatic N) is 1. The number of likely N-dealkylation sites (tertiary alicyclic amines) is 1. The van der Waals surface area contributed by atoms with Crippen molar-refractivity contribution in [3.8, 4) is 5.75 Å². The molecule has 2 N–H and O–H groups in total. The van der Waals surface area contributed by atoms with Gasteiger partial charge in [0.2, 0.25) is 0 Å². The van der Waals surface area contributed by atoms with E-state index < -0.39 is 5.97 Å². The zero-order valence-electron chi connectivity index (χ0n) is 17.9. The number of H-pyrrole nitrogens is 1. The standard InChI is InChI=1S/C25H28N2O4/c1-3-30-18-9-11-27(20(13-18)16-4-6-17(7-5-16)25(28)29)21-14-31-22-12-15(2)24-19(23(21)22)8-10-26-24/h4-8,10,12,18,20-21,26H,3,9,11,13-14H2,1-2H3,(H,28,29)/t18-,20-,21?/m1/s1. The van der Waals surface area contributed by atoms with Crippen LogP contribution in [0.15, 0.2) is 42.6 Å². The Balaban J connectivity index is 1.53. The van der Waals surface area contributed by atoms with Gasteiger partial charge < -0.3 is 19.6 Å². The highest BCUT2D eigenvalue weighted by Gasteiger charge is 2.39. The lowest BCUT2D eigenvalue weighted by Crippen LogP contribution is -2.42. The zero-order chi connectivity index (χ0) is 21.5. The van der Waals surface area contributed by atoms with Crippen molar-refractivity contribution < 1.29 is 19.4 Å². The van der Waals surface area contributed by atoms with Crippen LogP contribution in [0.5, 0.6) is 5.75 Å². The first-order valence-corrected chi connectivity index (χ1v) is 11.0. The zero-order valence-corrected chi connectivity index (χ0v) is 17.9. The molecule has 1 aromatic heterocycles. The Bertz CT molecular complexity index is 1100. The molecule has 0 spiro atoms. The van der Waals surface area contributed by atoms with E-state index in [0.29, 0.717) is 18.8 Å². The number of nitrogens with one attached hydrogen (secondary N) is 1. The second-order valence-electron chi connectivity index (χ2n) is 8.48. The third-order valence-corrected chi connectivity index (χ3v) is 6.72. The number of aromatic nitrogens is 1. The van der Waals surface area contributed by atoms with Crippen LogP contribution in [0.2, 0.25) is 0 Å². The minimum Gasteiger partial charge on any atom is -0.491 e. The Kier molecular flexibility index (Phi) is 5.20. The van der Waals surface area contributed by atoms with Crippen molar-refractivity contribution in [2.75, 3.05) is 19.8 Å². The molecular formula is C25H28N2O4. The van der Waals surface area contributed by atoms with E-state index in [2.05, 4.69) is 28.9 Å². The van der Waals surface area contributed by atoms with Gasteiger partial charge in [0.25, 0.3) is 0 Å². The Labute approximate surface area is 181 Å². The van der Waals surface area contributed by atoms with Crippen LogP contribution in [0, 0.1) is 6.92 Å². The van der Waals surface area contributed by atoms with Gasteiger partial charge in [0.05, 0.1) is 17.7 Å². The summed E-state index contributed by atoms with van der Waals surface area (Å²) >= 11 is 0. The maximum absolute atomic E-state index is 11.3. The summed E-state index contributed by atoms with van der Waals surface area (Å²) < 4.78 is 12.2. The first-order chi connectivity index (χ1) is 15.1. The maximum Gasteiger partial charge on any atom is 0.335 e. The first kappa shape index (κ1) is 20.1. The summed E-state index contributed by atoms with van der Waals surface area (Å²) in [6.07, 6.45) is 4.06. The highest BCUT2D eigenvalue weighted by atomic mass is 16.5. The molecule has 1 unspecified atom stereocenters. The lowest BCUT2D eigenvalue weighted by atomic mass is 9.89. The summed E-state index contributed by atoms with van der Waals surface area (Å²) in [5.74, 6) is 0.0732. The van der Waals surface area contributed by atoms with Gasteiger partial charge in [0, 0.05) is 41.9 Å². The number of ether oxygens (including phenoxy) is 2. The summed E-state index contributed by atoms with van der Waals surface area (Å²) in [6, 6.07) is 11.9. The minimum absolute atomic E-state index is 0.142. The van der Waals surface area contributed by atoms with E-state index in [0.717, 1.165) is 30.7 Å². The summed E-state index contributed by atoms with van der Waals surface area (Å²) in [5, 5.41) is 10.5. The number of aromatic carboxylic acids is 1. The summed E-state index contributed by atoms with van der Waals surface area (Å²) in [6.45, 7) is 6.38. The van der Waals surface area contributed by atoms with Gasteiger partial charge in [-0.15, -0.1) is 0 Å². The van der Waals surface area contributed by atoms with E-state index in [1.165, 1.54) is 22.0 Å². The topological polar surface area (TPSA) is 74.8 Å². The largest absolute Gasteiger partial charge is 0.491 e. The van der Waals surface area contributed by atoms with Crippen molar-refractivity contribution in [3.05, 3.63) is 64.8 Å². The van der Waals surface area contributed by atoms with Crippen LogP contribution in [0.25, 0.3) is 10.9 Å². The van der Waals surface area contributed by atoms with Crippen LogP contribution in [-0.2, 0) is 4.74 Å². The number of rotatable bonds is 5. The Hall–Kier alpha value is -2.83. The fraction of sp³-hybridized carbons (Fsp3) is 0.400. The quantitative estimate of drug-likeness (QED) is 0.617. The van der Waals surface area contributed by atoms with Crippen molar-refractivity contribution in [2.45, 2.75) is 44.9 Å². The average molecular weight is 421 g/mol. The molecule has 2 aromatic carbocycles. The Morgan fingerprint density at radius 1 is 1.26 bits per heavy atom. The molecule has 0 saturated carbocycles. The normalized spacial score (nSPS) is 23.6. The molecule has 0 amide bonds. The predicted molar refractivity (Wildman–Crippen MR) is 119 cm³/mol. The molecule has 5 rings (SSSR count). The molecule has 1 fully saturated rings. The van der Waals surface area contributed by atoms with Gasteiger partial charge in [-0.2, -0.15) is 0 Å². The van der Waals surface area contributed by atoms with Gasteiger partial charge in [0.1, 0.15) is 12.4 Å². The lowest BCUT2D eigenvalue weighted by molar-refractivity contribution is -0.0281. The lowest BCUT2D eigenvalue weighted by Gasteiger charge is -2.42. The highest BCUT2D eigenvalue weighted by Crippen LogP contribution is 2.47. The second kappa shape index (κ2) is 8.02. The number of hydrogen-bond acceptors (Lipinski definition) is 4. The number of aromatic amines is 1. The van der Waals surface area contributed by atoms with Gasteiger partial charge in [-0.25, -0.2) is 4.79 Å². The van der Waals surface area contributed by atoms with E-state index in [9.17, 15) is 9.90 Å². The molecule has 162 valence electrons. The number of piperidine rings is 1. The molecule has 0 radical (unpaired) electrons. The van der Waals surface area contributed by atoms with Crippen LogP contribution in [0.4, 0.5) is 0 Å². The van der Waals surface area contributed by atoms with E-state index in [1.807, 2.05) is 25.3 Å². The van der Waals surface area contributed by atoms with Crippen LogP contribution in [0.3, 0.4) is 0 Å². The van der Waals surface area contributed by atoms with Crippen LogP contribution < -0.4 is 4.74 Å². The minimum atomic E-state index is -0.900. The second-order valence-corrected chi connectivity index (χ2v) is 8.48. The Morgan fingerprint density at radius 2 is 2.06 bits per heavy atom. The van der Waals surface area contributed by atoms with Crippen molar-refractivity contribution in [1.82, 2.24) is 9.88 Å². The number of carboxylic acid groups (broad SMARTS) is 1. The number of fused-ring (bicyclic) bond motifs is 3. The van der Waals surface area contributed by atoms with Gasteiger partial charge in [0.15, 0.2) is 0 Å². The number of benzene rings is 2. The molecule has 3 heterocycles. The third-order valence-electron chi connectivity index (χ3n) is 6.72. The molecule has 31 heavy (non-hydrogen) atoms. The Morgan fingerprint density at radius 3 is 2.81 bits per heavy atom. The first-order valence-electron chi connectivity index (χ1n) is 11.0.